The van der Waals surface area contributed by atoms with E-state index in [1.807, 2.05) is 97.1 Å². The fraction of sp³-hybridized carbons (Fsp3) is 0.118. The molecule has 0 saturated carbocycles. The molecule has 1 saturated heterocycles. The predicted octanol–water partition coefficient (Wildman–Crippen LogP) is 9.96. The molecule has 0 radical (unpaired) electrons. The predicted molar refractivity (Wildman–Crippen MR) is 237 cm³/mol. The molecule has 8 aromatic rings. The minimum Gasteiger partial charge on any atom is -0.459 e. The van der Waals surface area contributed by atoms with Crippen molar-refractivity contribution in [1.82, 2.24) is 0 Å². The molecular weight excluding hydrogens is 803 g/mol. The number of carbonyl (C=O) groups is 4. The number of carbonyl (C=O) groups excluding carboxylic acids is 4. The zero-order valence-electron chi connectivity index (χ0n) is 32.8. The van der Waals surface area contributed by atoms with E-state index in [1.54, 1.807) is 72.8 Å². The molecule has 11 heteroatoms. The van der Waals surface area contributed by atoms with Crippen LogP contribution in [0.2, 0.25) is 0 Å². The molecule has 9 rings (SSSR count). The van der Waals surface area contributed by atoms with Gasteiger partial charge in [-0.2, -0.15) is 4.99 Å². The van der Waals surface area contributed by atoms with Crippen LogP contribution in [0, 0.1) is 0 Å². The van der Waals surface area contributed by atoms with E-state index in [4.69, 9.17) is 35.9 Å². The summed E-state index contributed by atoms with van der Waals surface area (Å²) in [5.74, 6) is -3.12. The molecule has 5 atom stereocenters. The molecule has 5 unspecified atom stereocenters. The third kappa shape index (κ3) is 8.41. The number of thiocarbonyl (C=S) groups is 1. The molecule has 8 aromatic carbocycles. The number of aliphatic imine (C=N–C) groups is 1. The molecule has 1 aliphatic heterocycles. The summed E-state index contributed by atoms with van der Waals surface area (Å²) < 4.78 is 30.9. The van der Waals surface area contributed by atoms with Gasteiger partial charge in [0.05, 0.1) is 27.4 Å². The van der Waals surface area contributed by atoms with Gasteiger partial charge in [0, 0.05) is 0 Å². The van der Waals surface area contributed by atoms with Gasteiger partial charge < -0.3 is 23.7 Å². The summed E-state index contributed by atoms with van der Waals surface area (Å²) in [6.07, 6.45) is -7.44. The zero-order valence-corrected chi connectivity index (χ0v) is 33.6. The van der Waals surface area contributed by atoms with Crippen LogP contribution in [0.25, 0.3) is 43.1 Å². The Morgan fingerprint density at radius 1 is 0.452 bits per heavy atom. The van der Waals surface area contributed by atoms with E-state index in [-0.39, 0.29) is 22.3 Å². The molecule has 1 heterocycles. The van der Waals surface area contributed by atoms with Crippen molar-refractivity contribution in [3.63, 3.8) is 0 Å². The quantitative estimate of drug-likeness (QED) is 0.0569. The van der Waals surface area contributed by atoms with Crippen LogP contribution in [0.15, 0.2) is 175 Å². The lowest BCUT2D eigenvalue weighted by atomic mass is 9.96. The van der Waals surface area contributed by atoms with E-state index in [1.165, 1.54) is 0 Å². The summed E-state index contributed by atoms with van der Waals surface area (Å²) in [6, 6.07) is 50.3. The van der Waals surface area contributed by atoms with Crippen LogP contribution >= 0.6 is 12.2 Å². The minimum absolute atomic E-state index is 0.170. The normalized spacial score (nSPS) is 18.4. The first-order valence-electron chi connectivity index (χ1n) is 19.8. The van der Waals surface area contributed by atoms with Gasteiger partial charge in [-0.15, -0.1) is 0 Å². The molecule has 1 fully saturated rings. The summed E-state index contributed by atoms with van der Waals surface area (Å²) >= 11 is 5.03. The molecule has 0 N–H and O–H groups in total. The van der Waals surface area contributed by atoms with Gasteiger partial charge in [0.15, 0.2) is 24.5 Å². The number of fused-ring (bicyclic) bond motifs is 4. The topological polar surface area (TPSA) is 127 Å². The maximum absolute atomic E-state index is 14.3. The van der Waals surface area contributed by atoms with E-state index in [2.05, 4.69) is 10.2 Å². The number of nitrogens with zero attached hydrogens (tertiary/aromatic N) is 1. The van der Waals surface area contributed by atoms with Gasteiger partial charge in [-0.1, -0.05) is 121 Å². The first-order valence-corrected chi connectivity index (χ1v) is 20.2. The Kier molecular flexibility index (Phi) is 11.3. The second kappa shape index (κ2) is 17.6. The van der Waals surface area contributed by atoms with Crippen molar-refractivity contribution in [3.05, 3.63) is 192 Å². The summed E-state index contributed by atoms with van der Waals surface area (Å²) in [4.78, 5) is 60.4. The second-order valence-electron chi connectivity index (χ2n) is 14.7. The Bertz CT molecular complexity index is 3090. The van der Waals surface area contributed by atoms with E-state index < -0.39 is 61.1 Å². The van der Waals surface area contributed by atoms with Gasteiger partial charge in [-0.05, 0) is 104 Å². The Balaban J connectivity index is 1.10. The van der Waals surface area contributed by atoms with E-state index in [9.17, 15) is 19.2 Å². The monoisotopic (exact) mass is 837 g/mol. The maximum Gasteiger partial charge on any atom is 0.338 e. The van der Waals surface area contributed by atoms with Crippen LogP contribution in [0.4, 0.5) is 0 Å². The summed E-state index contributed by atoms with van der Waals surface area (Å²) in [6.45, 7) is -0.500. The van der Waals surface area contributed by atoms with Gasteiger partial charge in [0.1, 0.15) is 12.7 Å². The summed E-state index contributed by atoms with van der Waals surface area (Å²) in [7, 11) is 0. The number of isothiocyanates is 1. The van der Waals surface area contributed by atoms with Crippen molar-refractivity contribution >= 4 is 84.3 Å². The van der Waals surface area contributed by atoms with Gasteiger partial charge in [-0.3, -0.25) is 0 Å². The number of rotatable bonds is 10. The molecule has 304 valence electrons. The Hall–Kier alpha value is -7.56. The Labute approximate surface area is 360 Å². The van der Waals surface area contributed by atoms with Gasteiger partial charge >= 0.3 is 23.9 Å². The molecule has 10 nitrogen and oxygen atoms in total. The first kappa shape index (κ1) is 39.9. The van der Waals surface area contributed by atoms with Crippen molar-refractivity contribution in [2.45, 2.75) is 30.6 Å². The fourth-order valence-corrected chi connectivity index (χ4v) is 7.77. The third-order valence-electron chi connectivity index (χ3n) is 10.8. The highest BCUT2D eigenvalue weighted by Gasteiger charge is 2.53. The van der Waals surface area contributed by atoms with Crippen molar-refractivity contribution in [2.75, 3.05) is 6.61 Å². The Morgan fingerprint density at radius 3 is 1.18 bits per heavy atom. The lowest BCUT2D eigenvalue weighted by molar-refractivity contribution is -0.226. The molecule has 0 bridgehead atoms. The highest BCUT2D eigenvalue weighted by atomic mass is 32.1. The Morgan fingerprint density at radius 2 is 0.790 bits per heavy atom. The largest absolute Gasteiger partial charge is 0.459 e. The number of hydrogen-bond donors (Lipinski definition) is 0. The van der Waals surface area contributed by atoms with Crippen LogP contribution in [0.3, 0.4) is 0 Å². The van der Waals surface area contributed by atoms with Gasteiger partial charge in [0.2, 0.25) is 0 Å². The molecule has 0 aliphatic carbocycles. The smallest absolute Gasteiger partial charge is 0.338 e. The summed E-state index contributed by atoms with van der Waals surface area (Å²) in [5.41, 5.74) is 0.797. The SMILES string of the molecule is O=C(OCC1OC(N=C=S)C(OC(=O)c2ccc3ccccc3c2)C(OC(=O)c2ccc3ccccc3c2)C1OC(=O)c1ccc2ccccc2c1)c1ccc2ccccc2c1. The minimum atomic E-state index is -1.59. The maximum atomic E-state index is 14.3. The molecule has 62 heavy (non-hydrogen) atoms. The van der Waals surface area contributed by atoms with Crippen LogP contribution in [0.5, 0.6) is 0 Å². The lowest BCUT2D eigenvalue weighted by Crippen LogP contribution is -2.62. The molecule has 0 amide bonds. The number of ether oxygens (including phenoxy) is 5. The molecular formula is C51H35NO9S. The molecule has 1 aliphatic rings. The van der Waals surface area contributed by atoms with Crippen molar-refractivity contribution in [3.8, 4) is 0 Å². The first-order chi connectivity index (χ1) is 30.3. The standard InChI is InChI=1S/C51H35NO9S/c53-48(39-21-17-31-9-1-5-13-35(31)25-39)57-29-43-44(59-49(54)40-22-18-32-10-2-6-14-36(32)26-40)45(60-50(55)41-23-19-33-11-3-7-15-37(33)27-41)46(47(58-43)52-30-62)61-51(56)42-24-20-34-12-4-8-16-38(34)28-42/h1-28,43-47H,29H2. The van der Waals surface area contributed by atoms with Crippen molar-refractivity contribution in [2.24, 2.45) is 4.99 Å². The molecule has 0 aromatic heterocycles. The van der Waals surface area contributed by atoms with Crippen LogP contribution in [-0.4, -0.2) is 66.3 Å². The second-order valence-corrected chi connectivity index (χ2v) is 14.9. The fourth-order valence-electron chi connectivity index (χ4n) is 7.67. The van der Waals surface area contributed by atoms with Gasteiger partial charge in [-0.25, -0.2) is 19.2 Å². The average molecular weight is 838 g/mol. The van der Waals surface area contributed by atoms with Gasteiger partial charge in [0.25, 0.3) is 0 Å². The van der Waals surface area contributed by atoms with E-state index in [0.717, 1.165) is 43.1 Å². The van der Waals surface area contributed by atoms with Crippen molar-refractivity contribution < 1.29 is 42.9 Å². The third-order valence-corrected chi connectivity index (χ3v) is 10.9. The average Bonchev–Trinajstić information content (AvgIpc) is 3.31. The van der Waals surface area contributed by atoms with Crippen LogP contribution < -0.4 is 0 Å². The van der Waals surface area contributed by atoms with Crippen molar-refractivity contribution in [1.29, 1.82) is 0 Å². The van der Waals surface area contributed by atoms with E-state index in [0.29, 0.717) is 0 Å². The van der Waals surface area contributed by atoms with Crippen LogP contribution in [0.1, 0.15) is 41.4 Å². The van der Waals surface area contributed by atoms with Crippen LogP contribution in [-0.2, 0) is 23.7 Å². The molecule has 0 spiro atoms. The number of benzene rings is 8. The number of hydrogen-bond acceptors (Lipinski definition) is 11. The summed E-state index contributed by atoms with van der Waals surface area (Å²) in [5, 5.41) is 9.07. The number of esters is 4. The highest BCUT2D eigenvalue weighted by Crippen LogP contribution is 2.33. The highest BCUT2D eigenvalue weighted by molar-refractivity contribution is 7.78. The van der Waals surface area contributed by atoms with E-state index >= 15 is 0 Å². The zero-order chi connectivity index (χ0) is 42.6. The lowest BCUT2D eigenvalue weighted by Gasteiger charge is -2.43.